The second kappa shape index (κ2) is 7.18. The third-order valence-corrected chi connectivity index (χ3v) is 4.31. The first-order valence-corrected chi connectivity index (χ1v) is 8.19. The van der Waals surface area contributed by atoms with Gasteiger partial charge < -0.3 is 14.5 Å². The van der Waals surface area contributed by atoms with Crippen LogP contribution < -0.4 is 4.90 Å². The molecule has 2 aliphatic heterocycles. The second-order valence-electron chi connectivity index (χ2n) is 6.21. The van der Waals surface area contributed by atoms with Crippen LogP contribution in [0.5, 0.6) is 0 Å². The van der Waals surface area contributed by atoms with Gasteiger partial charge in [0.1, 0.15) is 0 Å². The highest BCUT2D eigenvalue weighted by Crippen LogP contribution is 2.16. The average Bonchev–Trinajstić information content (AvgIpc) is 2.75. The van der Waals surface area contributed by atoms with E-state index < -0.39 is 0 Å². The molecular weight excluding hydrogens is 264 g/mol. The van der Waals surface area contributed by atoms with Gasteiger partial charge in [-0.15, -0.1) is 0 Å². The number of hydrogen-bond donors (Lipinski definition) is 0. The predicted octanol–water partition coefficient (Wildman–Crippen LogP) is 1.87. The lowest BCUT2D eigenvalue weighted by Gasteiger charge is -2.31. The molecule has 2 aliphatic rings. The van der Waals surface area contributed by atoms with Crippen molar-refractivity contribution in [1.29, 1.82) is 0 Å². The monoisotopic (exact) mass is 290 g/mol. The van der Waals surface area contributed by atoms with Crippen molar-refractivity contribution in [3.63, 3.8) is 0 Å². The minimum absolute atomic E-state index is 0.274. The van der Waals surface area contributed by atoms with E-state index in [1.165, 1.54) is 32.4 Å². The van der Waals surface area contributed by atoms with Gasteiger partial charge >= 0.3 is 0 Å². The van der Waals surface area contributed by atoms with Crippen LogP contribution >= 0.6 is 0 Å². The first-order valence-electron chi connectivity index (χ1n) is 8.19. The van der Waals surface area contributed by atoms with Crippen LogP contribution in [0.3, 0.4) is 0 Å². The summed E-state index contributed by atoms with van der Waals surface area (Å²) in [4.78, 5) is 13.8. The molecule has 5 heteroatoms. The zero-order valence-electron chi connectivity index (χ0n) is 13.0. The molecule has 0 aromatic carbocycles. The van der Waals surface area contributed by atoms with Crippen molar-refractivity contribution in [3.8, 4) is 0 Å². The van der Waals surface area contributed by atoms with E-state index in [4.69, 9.17) is 4.74 Å². The number of nitrogens with zero attached hydrogens (tertiary/aromatic N) is 4. The highest BCUT2D eigenvalue weighted by Gasteiger charge is 2.23. The predicted molar refractivity (Wildman–Crippen MR) is 83.6 cm³/mol. The number of rotatable bonds is 3. The van der Waals surface area contributed by atoms with Crippen molar-refractivity contribution >= 4 is 5.95 Å². The fourth-order valence-electron chi connectivity index (χ4n) is 3.17. The number of anilines is 1. The normalized spacial score (nSPS) is 24.8. The van der Waals surface area contributed by atoms with Crippen LogP contribution in [0, 0.1) is 6.92 Å². The Labute approximate surface area is 127 Å². The maximum absolute atomic E-state index is 6.04. The maximum Gasteiger partial charge on any atom is 0.225 e. The van der Waals surface area contributed by atoms with E-state index in [1.54, 1.807) is 0 Å². The van der Waals surface area contributed by atoms with Gasteiger partial charge in [-0.05, 0) is 44.8 Å². The molecular formula is C16H26N4O. The molecule has 0 unspecified atom stereocenters. The van der Waals surface area contributed by atoms with Gasteiger partial charge in [0.25, 0.3) is 0 Å². The molecule has 1 aromatic rings. The Morgan fingerprint density at radius 2 is 1.86 bits per heavy atom. The van der Waals surface area contributed by atoms with Crippen LogP contribution in [0.15, 0.2) is 12.4 Å². The van der Waals surface area contributed by atoms with Crippen LogP contribution in [-0.2, 0) is 4.74 Å². The summed E-state index contributed by atoms with van der Waals surface area (Å²) in [5.74, 6) is 0.842. The summed E-state index contributed by atoms with van der Waals surface area (Å²) in [5, 5.41) is 0. The Bertz CT molecular complexity index is 430. The molecule has 0 radical (unpaired) electrons. The van der Waals surface area contributed by atoms with Crippen molar-refractivity contribution < 1.29 is 4.74 Å². The molecule has 0 saturated carbocycles. The summed E-state index contributed by atoms with van der Waals surface area (Å²) in [6, 6.07) is 0. The van der Waals surface area contributed by atoms with Crippen LogP contribution in [0.1, 0.15) is 31.2 Å². The van der Waals surface area contributed by atoms with E-state index in [-0.39, 0.29) is 6.10 Å². The molecule has 0 N–H and O–H groups in total. The number of aromatic nitrogens is 2. The SMILES string of the molecule is Cc1cnc(N2CCCO[C@H](CN3CCCCC3)C2)nc1. The lowest BCUT2D eigenvalue weighted by Crippen LogP contribution is -2.42. The molecule has 116 valence electrons. The van der Waals surface area contributed by atoms with Crippen molar-refractivity contribution in [1.82, 2.24) is 14.9 Å². The minimum Gasteiger partial charge on any atom is -0.375 e. The Morgan fingerprint density at radius 1 is 1.10 bits per heavy atom. The molecule has 1 aromatic heterocycles. The molecule has 0 amide bonds. The number of ether oxygens (including phenoxy) is 1. The standard InChI is InChI=1S/C16H26N4O/c1-14-10-17-16(18-11-14)20-8-5-9-21-15(13-20)12-19-6-3-2-4-7-19/h10-11,15H,2-9,12-13H2,1H3/t15-/m1/s1. The van der Waals surface area contributed by atoms with Crippen LogP contribution in [-0.4, -0.2) is 60.3 Å². The molecule has 0 bridgehead atoms. The first-order chi connectivity index (χ1) is 10.3. The summed E-state index contributed by atoms with van der Waals surface area (Å²) in [6.45, 7) is 8.25. The van der Waals surface area contributed by atoms with Crippen LogP contribution in [0.2, 0.25) is 0 Å². The molecule has 1 atom stereocenters. The minimum atomic E-state index is 0.274. The third-order valence-electron chi connectivity index (χ3n) is 4.31. The summed E-state index contributed by atoms with van der Waals surface area (Å²) in [6.07, 6.45) is 9.16. The molecule has 3 heterocycles. The Kier molecular flexibility index (Phi) is 5.04. The average molecular weight is 290 g/mol. The summed E-state index contributed by atoms with van der Waals surface area (Å²) in [7, 11) is 0. The topological polar surface area (TPSA) is 41.5 Å². The lowest BCUT2D eigenvalue weighted by molar-refractivity contribution is 0.0349. The van der Waals surface area contributed by atoms with Crippen LogP contribution in [0.4, 0.5) is 5.95 Å². The molecule has 2 fully saturated rings. The van der Waals surface area contributed by atoms with E-state index in [2.05, 4.69) is 19.8 Å². The van der Waals surface area contributed by atoms with Gasteiger partial charge in [0.15, 0.2) is 0 Å². The Balaban J connectivity index is 1.61. The molecule has 21 heavy (non-hydrogen) atoms. The number of aryl methyl sites for hydroxylation is 1. The summed E-state index contributed by atoms with van der Waals surface area (Å²) in [5.41, 5.74) is 1.11. The highest BCUT2D eigenvalue weighted by atomic mass is 16.5. The van der Waals surface area contributed by atoms with Gasteiger partial charge in [-0.25, -0.2) is 9.97 Å². The molecule has 3 rings (SSSR count). The van der Waals surface area contributed by atoms with Crippen LogP contribution in [0.25, 0.3) is 0 Å². The zero-order valence-corrected chi connectivity index (χ0v) is 13.0. The van der Waals surface area contributed by atoms with Crippen molar-refractivity contribution in [2.24, 2.45) is 0 Å². The van der Waals surface area contributed by atoms with E-state index in [0.29, 0.717) is 0 Å². The van der Waals surface area contributed by atoms with E-state index in [9.17, 15) is 0 Å². The van der Waals surface area contributed by atoms with Gasteiger partial charge in [0.05, 0.1) is 6.10 Å². The largest absolute Gasteiger partial charge is 0.375 e. The fraction of sp³-hybridized carbons (Fsp3) is 0.750. The number of hydrogen-bond acceptors (Lipinski definition) is 5. The smallest absolute Gasteiger partial charge is 0.225 e. The highest BCUT2D eigenvalue weighted by molar-refractivity contribution is 5.30. The molecule has 2 saturated heterocycles. The van der Waals surface area contributed by atoms with Gasteiger partial charge in [-0.1, -0.05) is 6.42 Å². The number of piperidine rings is 1. The van der Waals surface area contributed by atoms with Crippen molar-refractivity contribution in [2.75, 3.05) is 44.2 Å². The Hall–Kier alpha value is -1.20. The van der Waals surface area contributed by atoms with Gasteiger partial charge in [0.2, 0.25) is 5.95 Å². The quantitative estimate of drug-likeness (QED) is 0.850. The first kappa shape index (κ1) is 14.7. The van der Waals surface area contributed by atoms with Gasteiger partial charge in [-0.2, -0.15) is 0 Å². The fourth-order valence-corrected chi connectivity index (χ4v) is 3.17. The maximum atomic E-state index is 6.04. The summed E-state index contributed by atoms with van der Waals surface area (Å²) >= 11 is 0. The second-order valence-corrected chi connectivity index (χ2v) is 6.21. The lowest BCUT2D eigenvalue weighted by atomic mass is 10.1. The van der Waals surface area contributed by atoms with Crippen molar-refractivity contribution in [2.45, 2.75) is 38.7 Å². The number of likely N-dealkylation sites (tertiary alicyclic amines) is 1. The third kappa shape index (κ3) is 4.14. The molecule has 0 aliphatic carbocycles. The Morgan fingerprint density at radius 3 is 2.62 bits per heavy atom. The summed E-state index contributed by atoms with van der Waals surface area (Å²) < 4.78 is 6.04. The van der Waals surface area contributed by atoms with Gasteiger partial charge in [0, 0.05) is 38.6 Å². The van der Waals surface area contributed by atoms with Gasteiger partial charge in [-0.3, -0.25) is 0 Å². The van der Waals surface area contributed by atoms with E-state index >= 15 is 0 Å². The molecule has 5 nitrogen and oxygen atoms in total. The van der Waals surface area contributed by atoms with Crippen molar-refractivity contribution in [3.05, 3.63) is 18.0 Å². The molecule has 0 spiro atoms. The van der Waals surface area contributed by atoms with E-state index in [1.807, 2.05) is 19.3 Å². The zero-order chi connectivity index (χ0) is 14.5. The van der Waals surface area contributed by atoms with E-state index in [0.717, 1.165) is 44.2 Å².